The van der Waals surface area contributed by atoms with Crippen LogP contribution in [0.2, 0.25) is 0 Å². The first-order chi connectivity index (χ1) is 7.74. The number of hydrogen-bond acceptors (Lipinski definition) is 3. The van der Waals surface area contributed by atoms with Gasteiger partial charge in [-0.3, -0.25) is 14.5 Å². The summed E-state index contributed by atoms with van der Waals surface area (Å²) in [6.07, 6.45) is 5.64. The van der Waals surface area contributed by atoms with Crippen molar-refractivity contribution in [3.63, 3.8) is 0 Å². The van der Waals surface area contributed by atoms with Crippen LogP contribution in [0.3, 0.4) is 0 Å². The van der Waals surface area contributed by atoms with Crippen molar-refractivity contribution in [2.45, 2.75) is 12.8 Å². The lowest BCUT2D eigenvalue weighted by Gasteiger charge is -2.16. The molecule has 0 radical (unpaired) electrons. The zero-order valence-electron chi connectivity index (χ0n) is 9.00. The lowest BCUT2D eigenvalue weighted by atomic mass is 9.85. The molecule has 2 aliphatic carbocycles. The molecule has 4 atom stereocenters. The Kier molecular flexibility index (Phi) is 2.14. The molecule has 0 aromatic rings. The molecule has 3 rings (SSSR count). The predicted octanol–water partition coefficient (Wildman–Crippen LogP) is 0.176. The van der Waals surface area contributed by atoms with Crippen LogP contribution in [0.5, 0.6) is 0 Å². The molecule has 86 valence electrons. The Balaban J connectivity index is 1.83. The number of aliphatic hydroxyl groups excluding tert-OH is 1. The summed E-state index contributed by atoms with van der Waals surface area (Å²) < 4.78 is 0. The minimum absolute atomic E-state index is 0.0136. The molecule has 1 N–H and O–H groups in total. The third-order valence-electron chi connectivity index (χ3n) is 4.10. The topological polar surface area (TPSA) is 57.6 Å². The van der Waals surface area contributed by atoms with Gasteiger partial charge >= 0.3 is 0 Å². The highest BCUT2D eigenvalue weighted by Crippen LogP contribution is 2.52. The smallest absolute Gasteiger partial charge is 0.233 e. The summed E-state index contributed by atoms with van der Waals surface area (Å²) in [6.45, 7) is 0.401. The SMILES string of the molecule is O=C1[C@H]2[C@H](C(=O)N1CCCO)[C@@H]1C=C[C@@H]2C1. The normalized spacial score (nSPS) is 39.9. The quantitative estimate of drug-likeness (QED) is 0.546. The Labute approximate surface area is 93.9 Å². The van der Waals surface area contributed by atoms with E-state index in [4.69, 9.17) is 5.11 Å². The van der Waals surface area contributed by atoms with Crippen molar-refractivity contribution in [1.82, 2.24) is 4.90 Å². The standard InChI is InChI=1S/C12H15NO3/c14-5-1-4-13-11(15)9-7-2-3-8(6-7)10(9)12(13)16/h2-3,7-10,14H,1,4-6H2/t7-,8-,9-,10-/m1/s1. The molecule has 1 saturated heterocycles. The Bertz CT molecular complexity index is 346. The summed E-state index contributed by atoms with van der Waals surface area (Å²) in [5.41, 5.74) is 0. The molecule has 1 aliphatic heterocycles. The molecule has 2 bridgehead atoms. The van der Waals surface area contributed by atoms with Crippen molar-refractivity contribution >= 4 is 11.8 Å². The number of amides is 2. The number of hydrogen-bond donors (Lipinski definition) is 1. The zero-order valence-corrected chi connectivity index (χ0v) is 9.00. The molecule has 1 heterocycles. The Morgan fingerprint density at radius 2 is 1.75 bits per heavy atom. The van der Waals surface area contributed by atoms with Crippen LogP contribution in [0.4, 0.5) is 0 Å². The minimum atomic E-state index is -0.0961. The van der Waals surface area contributed by atoms with Gasteiger partial charge in [0.1, 0.15) is 0 Å². The van der Waals surface area contributed by atoms with E-state index in [2.05, 4.69) is 12.2 Å². The second-order valence-corrected chi connectivity index (χ2v) is 4.91. The second-order valence-electron chi connectivity index (χ2n) is 4.91. The van der Waals surface area contributed by atoms with E-state index in [1.807, 2.05) is 0 Å². The Morgan fingerprint density at radius 1 is 1.19 bits per heavy atom. The van der Waals surface area contributed by atoms with Gasteiger partial charge in [-0.25, -0.2) is 0 Å². The van der Waals surface area contributed by atoms with Crippen LogP contribution in [0.15, 0.2) is 12.2 Å². The molecule has 0 spiro atoms. The van der Waals surface area contributed by atoms with Crippen LogP contribution < -0.4 is 0 Å². The first-order valence-corrected chi connectivity index (χ1v) is 5.88. The number of likely N-dealkylation sites (tertiary alicyclic amines) is 1. The molecule has 0 aromatic heterocycles. The van der Waals surface area contributed by atoms with E-state index in [9.17, 15) is 9.59 Å². The Hall–Kier alpha value is -1.16. The number of carbonyl (C=O) groups is 2. The van der Waals surface area contributed by atoms with Crippen molar-refractivity contribution in [2.24, 2.45) is 23.7 Å². The number of aliphatic hydroxyl groups is 1. The molecule has 16 heavy (non-hydrogen) atoms. The van der Waals surface area contributed by atoms with Gasteiger partial charge in [-0.2, -0.15) is 0 Å². The largest absolute Gasteiger partial charge is 0.396 e. The van der Waals surface area contributed by atoms with Crippen molar-refractivity contribution in [3.8, 4) is 0 Å². The molecule has 2 fully saturated rings. The molecule has 2 amide bonds. The molecule has 1 saturated carbocycles. The van der Waals surface area contributed by atoms with Crippen LogP contribution >= 0.6 is 0 Å². The van der Waals surface area contributed by atoms with Crippen molar-refractivity contribution in [2.75, 3.05) is 13.2 Å². The molecule has 4 nitrogen and oxygen atoms in total. The summed E-state index contributed by atoms with van der Waals surface area (Å²) >= 11 is 0. The molecule has 3 aliphatic rings. The van der Waals surface area contributed by atoms with Gasteiger partial charge in [0.15, 0.2) is 0 Å². The fourth-order valence-corrected chi connectivity index (χ4v) is 3.41. The predicted molar refractivity (Wildman–Crippen MR) is 56.1 cm³/mol. The number of allylic oxidation sites excluding steroid dienone is 2. The van der Waals surface area contributed by atoms with Gasteiger partial charge in [-0.15, -0.1) is 0 Å². The number of fused-ring (bicyclic) bond motifs is 5. The third-order valence-corrected chi connectivity index (χ3v) is 4.10. The summed E-state index contributed by atoms with van der Waals surface area (Å²) in [7, 11) is 0. The maximum atomic E-state index is 12.1. The maximum absolute atomic E-state index is 12.1. The van der Waals surface area contributed by atoms with Gasteiger partial charge < -0.3 is 5.11 Å². The zero-order chi connectivity index (χ0) is 11.3. The van der Waals surface area contributed by atoms with Crippen LogP contribution in [0.25, 0.3) is 0 Å². The van der Waals surface area contributed by atoms with Crippen molar-refractivity contribution in [3.05, 3.63) is 12.2 Å². The van der Waals surface area contributed by atoms with Crippen molar-refractivity contribution in [1.29, 1.82) is 0 Å². The van der Waals surface area contributed by atoms with E-state index < -0.39 is 0 Å². The summed E-state index contributed by atoms with van der Waals surface area (Å²) in [4.78, 5) is 25.5. The Morgan fingerprint density at radius 3 is 2.25 bits per heavy atom. The van der Waals surface area contributed by atoms with Gasteiger partial charge in [0.25, 0.3) is 0 Å². The highest BCUT2D eigenvalue weighted by molar-refractivity contribution is 6.06. The number of carbonyl (C=O) groups excluding carboxylic acids is 2. The highest BCUT2D eigenvalue weighted by atomic mass is 16.3. The number of rotatable bonds is 3. The number of imide groups is 1. The van der Waals surface area contributed by atoms with E-state index >= 15 is 0 Å². The summed E-state index contributed by atoms with van der Waals surface area (Å²) in [6, 6.07) is 0. The van der Waals surface area contributed by atoms with Gasteiger partial charge in [0, 0.05) is 13.2 Å². The summed E-state index contributed by atoms with van der Waals surface area (Å²) in [5.74, 6) is 0.346. The lowest BCUT2D eigenvalue weighted by Crippen LogP contribution is -2.34. The molecule has 0 unspecified atom stereocenters. The van der Waals surface area contributed by atoms with E-state index in [0.29, 0.717) is 13.0 Å². The van der Waals surface area contributed by atoms with Crippen LogP contribution in [0, 0.1) is 23.7 Å². The number of nitrogens with zero attached hydrogens (tertiary/aromatic N) is 1. The van der Waals surface area contributed by atoms with Gasteiger partial charge in [0.2, 0.25) is 11.8 Å². The molecule has 0 aromatic carbocycles. The second kappa shape index (κ2) is 3.42. The van der Waals surface area contributed by atoms with Crippen LogP contribution in [0.1, 0.15) is 12.8 Å². The van der Waals surface area contributed by atoms with Crippen molar-refractivity contribution < 1.29 is 14.7 Å². The minimum Gasteiger partial charge on any atom is -0.396 e. The first kappa shape index (κ1) is 10.0. The fraction of sp³-hybridized carbons (Fsp3) is 0.667. The van der Waals surface area contributed by atoms with Crippen LogP contribution in [-0.4, -0.2) is 35.0 Å². The average molecular weight is 221 g/mol. The van der Waals surface area contributed by atoms with E-state index in [-0.39, 0.29) is 42.1 Å². The average Bonchev–Trinajstić information content (AvgIpc) is 2.92. The van der Waals surface area contributed by atoms with E-state index in [1.54, 1.807) is 0 Å². The lowest BCUT2D eigenvalue weighted by molar-refractivity contribution is -0.140. The fourth-order valence-electron chi connectivity index (χ4n) is 3.41. The van der Waals surface area contributed by atoms with E-state index in [0.717, 1.165) is 6.42 Å². The van der Waals surface area contributed by atoms with Gasteiger partial charge in [-0.05, 0) is 24.7 Å². The van der Waals surface area contributed by atoms with Gasteiger partial charge in [-0.1, -0.05) is 12.2 Å². The monoisotopic (exact) mass is 221 g/mol. The summed E-state index contributed by atoms with van der Waals surface area (Å²) in [5, 5.41) is 8.76. The molecular formula is C12H15NO3. The first-order valence-electron chi connectivity index (χ1n) is 5.88. The third kappa shape index (κ3) is 1.13. The highest BCUT2D eigenvalue weighted by Gasteiger charge is 2.58. The molecular weight excluding hydrogens is 206 g/mol. The molecule has 4 heteroatoms. The van der Waals surface area contributed by atoms with E-state index in [1.165, 1.54) is 4.90 Å². The maximum Gasteiger partial charge on any atom is 0.233 e. The van der Waals surface area contributed by atoms with Crippen LogP contribution in [-0.2, 0) is 9.59 Å². The van der Waals surface area contributed by atoms with Gasteiger partial charge in [0.05, 0.1) is 11.8 Å².